The normalized spacial score (nSPS) is 10.1. The van der Waals surface area contributed by atoms with E-state index in [1.165, 1.54) is 6.92 Å². The minimum atomic E-state index is 0.0238. The average Bonchev–Trinajstić information content (AvgIpc) is 2.30. The smallest absolute Gasteiger partial charge is 0.159 e. The average molecular weight is 232 g/mol. The lowest BCUT2D eigenvalue weighted by atomic mass is 10.1. The van der Waals surface area contributed by atoms with Crippen LogP contribution in [0.4, 0.5) is 0 Å². The van der Waals surface area contributed by atoms with Gasteiger partial charge in [0.25, 0.3) is 0 Å². The van der Waals surface area contributed by atoms with Gasteiger partial charge in [-0.1, -0.05) is 29.8 Å². The van der Waals surface area contributed by atoms with E-state index in [0.29, 0.717) is 10.6 Å². The molecule has 2 nitrogen and oxygen atoms in total. The van der Waals surface area contributed by atoms with Crippen molar-refractivity contribution in [3.05, 3.63) is 53.2 Å². The number of aromatic nitrogens is 1. The number of benzene rings is 1. The number of Topliss-reactive ketones (excluding diaryl/α,β-unsaturated/α-hetero) is 1. The van der Waals surface area contributed by atoms with Crippen LogP contribution in [0.1, 0.15) is 17.3 Å². The Morgan fingerprint density at radius 1 is 1.25 bits per heavy atom. The van der Waals surface area contributed by atoms with Crippen LogP contribution in [0.5, 0.6) is 0 Å². The highest BCUT2D eigenvalue weighted by atomic mass is 35.5. The van der Waals surface area contributed by atoms with Gasteiger partial charge in [0, 0.05) is 22.3 Å². The molecule has 0 aliphatic rings. The molecular formula is C13H10ClNO. The summed E-state index contributed by atoms with van der Waals surface area (Å²) in [6.07, 6.45) is 1.62. The lowest BCUT2D eigenvalue weighted by Gasteiger charge is -2.04. The maximum atomic E-state index is 11.3. The van der Waals surface area contributed by atoms with Gasteiger partial charge in [0.15, 0.2) is 5.78 Å². The van der Waals surface area contributed by atoms with Crippen LogP contribution in [-0.4, -0.2) is 10.8 Å². The Labute approximate surface area is 98.9 Å². The third-order valence-electron chi connectivity index (χ3n) is 2.32. The summed E-state index contributed by atoms with van der Waals surface area (Å²) in [6.45, 7) is 1.53. The van der Waals surface area contributed by atoms with Crippen LogP contribution >= 0.6 is 11.6 Å². The molecule has 0 saturated carbocycles. The summed E-state index contributed by atoms with van der Waals surface area (Å²) < 4.78 is 0. The second-order valence-corrected chi connectivity index (χ2v) is 3.87. The number of halogens is 1. The van der Waals surface area contributed by atoms with E-state index < -0.39 is 0 Å². The molecule has 0 bridgehead atoms. The topological polar surface area (TPSA) is 30.0 Å². The molecule has 0 aliphatic carbocycles. The molecule has 0 N–H and O–H groups in total. The van der Waals surface area contributed by atoms with E-state index in [1.807, 2.05) is 18.2 Å². The monoisotopic (exact) mass is 231 g/mol. The molecule has 1 aromatic carbocycles. The molecule has 0 saturated heterocycles. The molecule has 0 fully saturated rings. The van der Waals surface area contributed by atoms with Crippen molar-refractivity contribution in [2.75, 3.05) is 0 Å². The number of nitrogens with zero attached hydrogens (tertiary/aromatic N) is 1. The van der Waals surface area contributed by atoms with Gasteiger partial charge in [-0.3, -0.25) is 9.78 Å². The van der Waals surface area contributed by atoms with Gasteiger partial charge >= 0.3 is 0 Å². The Morgan fingerprint density at radius 3 is 2.69 bits per heavy atom. The van der Waals surface area contributed by atoms with Crippen LogP contribution < -0.4 is 0 Å². The number of hydrogen-bond donors (Lipinski definition) is 0. The first-order valence-electron chi connectivity index (χ1n) is 4.90. The fourth-order valence-electron chi connectivity index (χ4n) is 1.47. The standard InChI is InChI=1S/C13H10ClNO/c1-9(16)10-6-7-15-13(8-10)11-4-2-3-5-12(11)14/h2-8H,1H3. The van der Waals surface area contributed by atoms with E-state index in [1.54, 1.807) is 24.4 Å². The minimum Gasteiger partial charge on any atom is -0.295 e. The summed E-state index contributed by atoms with van der Waals surface area (Å²) in [7, 11) is 0. The van der Waals surface area contributed by atoms with E-state index >= 15 is 0 Å². The number of hydrogen-bond acceptors (Lipinski definition) is 2. The lowest BCUT2D eigenvalue weighted by Crippen LogP contribution is -1.94. The van der Waals surface area contributed by atoms with Crippen molar-refractivity contribution in [1.29, 1.82) is 0 Å². The number of pyridine rings is 1. The summed E-state index contributed by atoms with van der Waals surface area (Å²) in [6, 6.07) is 10.9. The van der Waals surface area contributed by atoms with Crippen LogP contribution in [0.2, 0.25) is 5.02 Å². The molecule has 2 rings (SSSR count). The van der Waals surface area contributed by atoms with Gasteiger partial charge in [-0.25, -0.2) is 0 Å². The Balaban J connectivity index is 2.53. The van der Waals surface area contributed by atoms with E-state index in [2.05, 4.69) is 4.98 Å². The van der Waals surface area contributed by atoms with E-state index in [-0.39, 0.29) is 5.78 Å². The number of ketones is 1. The quantitative estimate of drug-likeness (QED) is 0.739. The first-order chi connectivity index (χ1) is 7.68. The van der Waals surface area contributed by atoms with Crippen molar-refractivity contribution in [3.63, 3.8) is 0 Å². The van der Waals surface area contributed by atoms with Gasteiger partial charge in [-0.05, 0) is 25.1 Å². The molecule has 0 unspecified atom stereocenters. The van der Waals surface area contributed by atoms with Gasteiger partial charge in [0.2, 0.25) is 0 Å². The van der Waals surface area contributed by atoms with Crippen LogP contribution in [0, 0.1) is 0 Å². The highest BCUT2D eigenvalue weighted by Crippen LogP contribution is 2.26. The second kappa shape index (κ2) is 4.45. The summed E-state index contributed by atoms with van der Waals surface area (Å²) in [5.41, 5.74) is 2.20. The highest BCUT2D eigenvalue weighted by Gasteiger charge is 2.06. The molecule has 1 heterocycles. The molecule has 0 aliphatic heterocycles. The van der Waals surface area contributed by atoms with E-state index in [4.69, 9.17) is 11.6 Å². The minimum absolute atomic E-state index is 0.0238. The van der Waals surface area contributed by atoms with Crippen LogP contribution in [-0.2, 0) is 0 Å². The van der Waals surface area contributed by atoms with Crippen molar-refractivity contribution < 1.29 is 4.79 Å². The van der Waals surface area contributed by atoms with Crippen LogP contribution in [0.25, 0.3) is 11.3 Å². The summed E-state index contributed by atoms with van der Waals surface area (Å²) in [5.74, 6) is 0.0238. The molecule has 16 heavy (non-hydrogen) atoms. The van der Waals surface area contributed by atoms with Gasteiger partial charge in [-0.15, -0.1) is 0 Å². The molecule has 2 aromatic rings. The van der Waals surface area contributed by atoms with Gasteiger partial charge in [0.05, 0.1) is 5.69 Å². The zero-order valence-electron chi connectivity index (χ0n) is 8.77. The third-order valence-corrected chi connectivity index (χ3v) is 2.65. The summed E-state index contributed by atoms with van der Waals surface area (Å²) in [4.78, 5) is 15.5. The van der Waals surface area contributed by atoms with E-state index in [0.717, 1.165) is 11.3 Å². The Hall–Kier alpha value is -1.67. The van der Waals surface area contributed by atoms with Crippen LogP contribution in [0.3, 0.4) is 0 Å². The molecule has 0 amide bonds. The highest BCUT2D eigenvalue weighted by molar-refractivity contribution is 6.33. The first kappa shape index (κ1) is 10.8. The van der Waals surface area contributed by atoms with Crippen molar-refractivity contribution >= 4 is 17.4 Å². The predicted octanol–water partition coefficient (Wildman–Crippen LogP) is 3.60. The maximum absolute atomic E-state index is 11.3. The predicted molar refractivity (Wildman–Crippen MR) is 64.7 cm³/mol. The van der Waals surface area contributed by atoms with Gasteiger partial charge < -0.3 is 0 Å². The van der Waals surface area contributed by atoms with Gasteiger partial charge in [0.1, 0.15) is 0 Å². The SMILES string of the molecule is CC(=O)c1ccnc(-c2ccccc2Cl)c1. The van der Waals surface area contributed by atoms with Gasteiger partial charge in [-0.2, -0.15) is 0 Å². The molecule has 0 spiro atoms. The van der Waals surface area contributed by atoms with E-state index in [9.17, 15) is 4.79 Å². The van der Waals surface area contributed by atoms with Crippen molar-refractivity contribution in [2.24, 2.45) is 0 Å². The first-order valence-corrected chi connectivity index (χ1v) is 5.28. The fraction of sp³-hybridized carbons (Fsp3) is 0.0769. The molecule has 1 aromatic heterocycles. The zero-order chi connectivity index (χ0) is 11.5. The maximum Gasteiger partial charge on any atom is 0.159 e. The second-order valence-electron chi connectivity index (χ2n) is 3.47. The third kappa shape index (κ3) is 2.12. The van der Waals surface area contributed by atoms with Crippen LogP contribution in [0.15, 0.2) is 42.6 Å². The van der Waals surface area contributed by atoms with Crippen molar-refractivity contribution in [3.8, 4) is 11.3 Å². The molecular weight excluding hydrogens is 222 g/mol. The lowest BCUT2D eigenvalue weighted by molar-refractivity contribution is 0.101. The number of carbonyl (C=O) groups excluding carboxylic acids is 1. The molecule has 3 heteroatoms. The number of carbonyl (C=O) groups is 1. The molecule has 80 valence electrons. The summed E-state index contributed by atoms with van der Waals surface area (Å²) in [5, 5.41) is 0.635. The number of rotatable bonds is 2. The largest absolute Gasteiger partial charge is 0.295 e. The Bertz CT molecular complexity index is 537. The Morgan fingerprint density at radius 2 is 2.00 bits per heavy atom. The Kier molecular flexibility index (Phi) is 3.02. The zero-order valence-corrected chi connectivity index (χ0v) is 9.53. The van der Waals surface area contributed by atoms with Crippen molar-refractivity contribution in [2.45, 2.75) is 6.92 Å². The molecule has 0 radical (unpaired) electrons. The summed E-state index contributed by atoms with van der Waals surface area (Å²) >= 11 is 6.07. The van der Waals surface area contributed by atoms with Crippen molar-refractivity contribution in [1.82, 2.24) is 4.98 Å². The molecule has 0 atom stereocenters. The fourth-order valence-corrected chi connectivity index (χ4v) is 1.70.